The summed E-state index contributed by atoms with van der Waals surface area (Å²) in [6.45, 7) is 4.02. The predicted octanol–water partition coefficient (Wildman–Crippen LogP) is 2.93. The zero-order valence-electron chi connectivity index (χ0n) is 9.84. The Morgan fingerprint density at radius 2 is 2.12 bits per heavy atom. The second kappa shape index (κ2) is 4.79. The Balaban J connectivity index is 2.42. The summed E-state index contributed by atoms with van der Waals surface area (Å²) in [5.41, 5.74) is 1.75. The summed E-state index contributed by atoms with van der Waals surface area (Å²) in [5.74, 6) is 1.40. The molecule has 17 heavy (non-hydrogen) atoms. The van der Waals surface area contributed by atoms with Gasteiger partial charge in [-0.1, -0.05) is 37.2 Å². The van der Waals surface area contributed by atoms with Gasteiger partial charge in [0.2, 0.25) is 0 Å². The molecule has 0 bridgehead atoms. The molecule has 1 heterocycles. The monoisotopic (exact) mass is 227 g/mol. The van der Waals surface area contributed by atoms with Crippen LogP contribution < -0.4 is 0 Å². The van der Waals surface area contributed by atoms with Crippen molar-refractivity contribution in [2.45, 2.75) is 26.2 Å². The number of aromatic nitrogens is 2. The number of benzene rings is 1. The van der Waals surface area contributed by atoms with E-state index in [0.29, 0.717) is 18.1 Å². The number of nitriles is 1. The van der Waals surface area contributed by atoms with Crippen molar-refractivity contribution in [2.24, 2.45) is 0 Å². The van der Waals surface area contributed by atoms with Crippen LogP contribution >= 0.6 is 0 Å². The van der Waals surface area contributed by atoms with Crippen LogP contribution in [0.4, 0.5) is 0 Å². The fourth-order valence-corrected chi connectivity index (χ4v) is 1.55. The van der Waals surface area contributed by atoms with Crippen LogP contribution in [0.15, 0.2) is 28.8 Å². The van der Waals surface area contributed by atoms with Gasteiger partial charge in [-0.05, 0) is 11.6 Å². The normalized spacial score (nSPS) is 10.5. The molecule has 4 heteroatoms. The second-order valence-electron chi connectivity index (χ2n) is 4.10. The Morgan fingerprint density at radius 1 is 1.35 bits per heavy atom. The summed E-state index contributed by atoms with van der Waals surface area (Å²) in [7, 11) is 0. The summed E-state index contributed by atoms with van der Waals surface area (Å²) in [6.07, 6.45) is 0.343. The number of nitrogens with zero attached hydrogens (tertiary/aromatic N) is 3. The van der Waals surface area contributed by atoms with Gasteiger partial charge in [0.25, 0.3) is 5.89 Å². The van der Waals surface area contributed by atoms with E-state index < -0.39 is 0 Å². The summed E-state index contributed by atoms with van der Waals surface area (Å²) in [5, 5.41) is 12.7. The molecule has 0 radical (unpaired) electrons. The first-order chi connectivity index (χ1) is 8.22. The van der Waals surface area contributed by atoms with Crippen molar-refractivity contribution >= 4 is 0 Å². The van der Waals surface area contributed by atoms with Crippen LogP contribution in [0.1, 0.15) is 31.2 Å². The van der Waals surface area contributed by atoms with Gasteiger partial charge in [-0.3, -0.25) is 0 Å². The molecule has 0 saturated carbocycles. The lowest BCUT2D eigenvalue weighted by Gasteiger charge is -2.00. The lowest BCUT2D eigenvalue weighted by atomic mass is 10.1. The first-order valence-corrected chi connectivity index (χ1v) is 5.51. The lowest BCUT2D eigenvalue weighted by Crippen LogP contribution is -1.91. The van der Waals surface area contributed by atoms with Crippen molar-refractivity contribution in [1.29, 1.82) is 5.26 Å². The molecule has 0 saturated heterocycles. The van der Waals surface area contributed by atoms with Crippen molar-refractivity contribution < 1.29 is 4.52 Å². The van der Waals surface area contributed by atoms with Crippen molar-refractivity contribution in [3.63, 3.8) is 0 Å². The number of hydrogen-bond donors (Lipinski definition) is 0. The van der Waals surface area contributed by atoms with Gasteiger partial charge >= 0.3 is 0 Å². The van der Waals surface area contributed by atoms with Gasteiger partial charge in [0.15, 0.2) is 5.82 Å². The summed E-state index contributed by atoms with van der Waals surface area (Å²) < 4.78 is 5.23. The molecule has 4 nitrogen and oxygen atoms in total. The van der Waals surface area contributed by atoms with Crippen LogP contribution in [-0.2, 0) is 6.42 Å². The predicted molar refractivity (Wildman–Crippen MR) is 63.1 cm³/mol. The van der Waals surface area contributed by atoms with Crippen LogP contribution in [0, 0.1) is 11.3 Å². The Kier molecular flexibility index (Phi) is 3.20. The molecular weight excluding hydrogens is 214 g/mol. The molecule has 0 aliphatic heterocycles. The third kappa shape index (κ3) is 2.34. The fourth-order valence-electron chi connectivity index (χ4n) is 1.55. The molecule has 0 fully saturated rings. The van der Waals surface area contributed by atoms with E-state index in [4.69, 9.17) is 9.78 Å². The van der Waals surface area contributed by atoms with Gasteiger partial charge in [0, 0.05) is 11.5 Å². The standard InChI is InChI=1S/C13H13N3O/c1-9(2)12-15-13(17-16-12)11-6-4-3-5-10(11)7-8-14/h3-6,9H,7H2,1-2H3. The van der Waals surface area contributed by atoms with Crippen molar-refractivity contribution in [3.05, 3.63) is 35.7 Å². The van der Waals surface area contributed by atoms with Crippen molar-refractivity contribution in [3.8, 4) is 17.5 Å². The molecule has 0 N–H and O–H groups in total. The Bertz CT molecular complexity index is 552. The fraction of sp³-hybridized carbons (Fsp3) is 0.308. The van der Waals surface area contributed by atoms with E-state index in [2.05, 4.69) is 16.2 Å². The molecular formula is C13H13N3O. The highest BCUT2D eigenvalue weighted by Crippen LogP contribution is 2.23. The molecule has 1 aromatic carbocycles. The molecule has 1 aromatic heterocycles. The molecule has 0 amide bonds. The molecule has 86 valence electrons. The number of rotatable bonds is 3. The number of hydrogen-bond acceptors (Lipinski definition) is 4. The van der Waals surface area contributed by atoms with Gasteiger partial charge < -0.3 is 4.52 Å². The van der Waals surface area contributed by atoms with Gasteiger partial charge in [-0.15, -0.1) is 0 Å². The van der Waals surface area contributed by atoms with E-state index in [9.17, 15) is 0 Å². The minimum Gasteiger partial charge on any atom is -0.334 e. The highest BCUT2D eigenvalue weighted by molar-refractivity contribution is 5.59. The summed E-state index contributed by atoms with van der Waals surface area (Å²) in [4.78, 5) is 4.34. The summed E-state index contributed by atoms with van der Waals surface area (Å²) >= 11 is 0. The largest absolute Gasteiger partial charge is 0.334 e. The molecule has 0 aliphatic rings. The van der Waals surface area contributed by atoms with Crippen molar-refractivity contribution in [2.75, 3.05) is 0 Å². The van der Waals surface area contributed by atoms with Gasteiger partial charge in [0.05, 0.1) is 12.5 Å². The Morgan fingerprint density at radius 3 is 2.76 bits per heavy atom. The zero-order chi connectivity index (χ0) is 12.3. The van der Waals surface area contributed by atoms with E-state index in [1.165, 1.54) is 0 Å². The van der Waals surface area contributed by atoms with Gasteiger partial charge in [0.1, 0.15) is 0 Å². The van der Waals surface area contributed by atoms with E-state index in [-0.39, 0.29) is 5.92 Å². The minimum absolute atomic E-state index is 0.232. The van der Waals surface area contributed by atoms with E-state index >= 15 is 0 Å². The average Bonchev–Trinajstić information content (AvgIpc) is 2.79. The summed E-state index contributed by atoms with van der Waals surface area (Å²) in [6, 6.07) is 9.72. The molecule has 0 unspecified atom stereocenters. The third-order valence-corrected chi connectivity index (χ3v) is 2.48. The quantitative estimate of drug-likeness (QED) is 0.808. The first-order valence-electron chi connectivity index (χ1n) is 5.51. The highest BCUT2D eigenvalue weighted by Gasteiger charge is 2.13. The zero-order valence-corrected chi connectivity index (χ0v) is 9.84. The van der Waals surface area contributed by atoms with E-state index in [1.54, 1.807) is 0 Å². The molecule has 0 spiro atoms. The second-order valence-corrected chi connectivity index (χ2v) is 4.10. The van der Waals surface area contributed by atoms with E-state index in [0.717, 1.165) is 11.1 Å². The van der Waals surface area contributed by atoms with Crippen LogP contribution in [0.3, 0.4) is 0 Å². The third-order valence-electron chi connectivity index (χ3n) is 2.48. The van der Waals surface area contributed by atoms with Gasteiger partial charge in [-0.2, -0.15) is 10.2 Å². The highest BCUT2D eigenvalue weighted by atomic mass is 16.5. The topological polar surface area (TPSA) is 62.7 Å². The molecule has 0 aliphatic carbocycles. The maximum Gasteiger partial charge on any atom is 0.258 e. The SMILES string of the molecule is CC(C)c1noc(-c2ccccc2CC#N)n1. The van der Waals surface area contributed by atoms with Gasteiger partial charge in [-0.25, -0.2) is 0 Å². The van der Waals surface area contributed by atoms with E-state index in [1.807, 2.05) is 38.1 Å². The van der Waals surface area contributed by atoms with Crippen molar-refractivity contribution in [1.82, 2.24) is 10.1 Å². The average molecular weight is 227 g/mol. The van der Waals surface area contributed by atoms with Crippen LogP contribution in [0.25, 0.3) is 11.5 Å². The molecule has 2 aromatic rings. The van der Waals surface area contributed by atoms with Crippen LogP contribution in [0.2, 0.25) is 0 Å². The first kappa shape index (κ1) is 11.3. The smallest absolute Gasteiger partial charge is 0.258 e. The van der Waals surface area contributed by atoms with Crippen LogP contribution in [-0.4, -0.2) is 10.1 Å². The lowest BCUT2D eigenvalue weighted by molar-refractivity contribution is 0.419. The minimum atomic E-state index is 0.232. The Hall–Kier alpha value is -2.15. The van der Waals surface area contributed by atoms with Crippen LogP contribution in [0.5, 0.6) is 0 Å². The maximum absolute atomic E-state index is 8.77. The Labute approximate surface area is 99.9 Å². The molecule has 0 atom stereocenters. The molecule has 2 rings (SSSR count). The maximum atomic E-state index is 8.77.